The molecule has 0 heterocycles. The second kappa shape index (κ2) is 12.7. The summed E-state index contributed by atoms with van der Waals surface area (Å²) in [5.41, 5.74) is -0.797. The van der Waals surface area contributed by atoms with Gasteiger partial charge in [-0.2, -0.15) is 0 Å². The average molecular weight is 343 g/mol. The molecule has 0 rings (SSSR count). The minimum atomic E-state index is -0.797. The van der Waals surface area contributed by atoms with Gasteiger partial charge in [-0.05, 0) is 20.3 Å². The lowest BCUT2D eigenvalue weighted by atomic mass is 10.1. The summed E-state index contributed by atoms with van der Waals surface area (Å²) in [5.74, 6) is -1.11. The van der Waals surface area contributed by atoms with Crippen LogP contribution in [0.2, 0.25) is 0 Å². The smallest absolute Gasteiger partial charge is 0.330 e. The van der Waals surface area contributed by atoms with Gasteiger partial charge >= 0.3 is 11.9 Å². The second-order valence-electron chi connectivity index (χ2n) is 5.50. The van der Waals surface area contributed by atoms with Crippen LogP contribution >= 0.6 is 0 Å². The minimum absolute atomic E-state index is 0.00496. The standard InChI is InChI=1S/C17H29NO6/c1-6-14(4)22-10-9-21-13-18-17(5,11-23-15(19)7-2)12-24-16(20)8-3/h7-8,14,18H,2-3,6,9-13H2,1,4-5H3. The quantitative estimate of drug-likeness (QED) is 0.222. The van der Waals surface area contributed by atoms with E-state index in [0.29, 0.717) is 13.2 Å². The summed E-state index contributed by atoms with van der Waals surface area (Å²) in [6.07, 6.45) is 3.28. The first kappa shape index (κ1) is 22.3. The van der Waals surface area contributed by atoms with Crippen LogP contribution < -0.4 is 5.32 Å². The van der Waals surface area contributed by atoms with Crippen molar-refractivity contribution in [3.63, 3.8) is 0 Å². The molecule has 0 aromatic carbocycles. The van der Waals surface area contributed by atoms with E-state index in [1.165, 1.54) is 0 Å². The highest BCUT2D eigenvalue weighted by Crippen LogP contribution is 2.07. The Morgan fingerprint density at radius 1 is 1.12 bits per heavy atom. The van der Waals surface area contributed by atoms with E-state index in [1.807, 2.05) is 13.8 Å². The van der Waals surface area contributed by atoms with Gasteiger partial charge in [-0.25, -0.2) is 9.59 Å². The first-order valence-electron chi connectivity index (χ1n) is 7.89. The second-order valence-corrected chi connectivity index (χ2v) is 5.50. The van der Waals surface area contributed by atoms with E-state index in [0.717, 1.165) is 18.6 Å². The van der Waals surface area contributed by atoms with Crippen LogP contribution in [0, 0.1) is 0 Å². The van der Waals surface area contributed by atoms with E-state index in [4.69, 9.17) is 18.9 Å². The van der Waals surface area contributed by atoms with Crippen molar-refractivity contribution in [2.24, 2.45) is 0 Å². The normalized spacial score (nSPS) is 12.3. The Bertz CT molecular complexity index is 386. The summed E-state index contributed by atoms with van der Waals surface area (Å²) < 4.78 is 21.0. The maximum Gasteiger partial charge on any atom is 0.330 e. The minimum Gasteiger partial charge on any atom is -0.460 e. The molecule has 0 radical (unpaired) electrons. The zero-order valence-corrected chi connectivity index (χ0v) is 14.8. The summed E-state index contributed by atoms with van der Waals surface area (Å²) in [7, 11) is 0. The largest absolute Gasteiger partial charge is 0.460 e. The molecule has 1 atom stereocenters. The first-order chi connectivity index (χ1) is 11.4. The van der Waals surface area contributed by atoms with Crippen molar-refractivity contribution in [3.8, 4) is 0 Å². The molecule has 0 aliphatic heterocycles. The Morgan fingerprint density at radius 2 is 1.67 bits per heavy atom. The predicted molar refractivity (Wildman–Crippen MR) is 90.4 cm³/mol. The van der Waals surface area contributed by atoms with Crippen LogP contribution in [0.3, 0.4) is 0 Å². The van der Waals surface area contributed by atoms with Crippen molar-refractivity contribution in [2.75, 3.05) is 33.2 Å². The van der Waals surface area contributed by atoms with E-state index in [9.17, 15) is 9.59 Å². The van der Waals surface area contributed by atoms with Crippen LogP contribution in [0.4, 0.5) is 0 Å². The number of ether oxygens (including phenoxy) is 4. The molecule has 0 aliphatic carbocycles. The van der Waals surface area contributed by atoms with Crippen LogP contribution in [0.15, 0.2) is 25.3 Å². The van der Waals surface area contributed by atoms with Crippen molar-refractivity contribution in [1.29, 1.82) is 0 Å². The van der Waals surface area contributed by atoms with Crippen LogP contribution in [-0.2, 0) is 28.5 Å². The third kappa shape index (κ3) is 10.9. The monoisotopic (exact) mass is 343 g/mol. The summed E-state index contributed by atoms with van der Waals surface area (Å²) >= 11 is 0. The van der Waals surface area contributed by atoms with Crippen molar-refractivity contribution in [3.05, 3.63) is 25.3 Å². The van der Waals surface area contributed by atoms with Crippen molar-refractivity contribution < 1.29 is 28.5 Å². The molecule has 0 fully saturated rings. The van der Waals surface area contributed by atoms with Gasteiger partial charge in [0, 0.05) is 12.2 Å². The SMILES string of the molecule is C=CC(=O)OCC(C)(COC(=O)C=C)NCOCCOC(C)CC. The van der Waals surface area contributed by atoms with E-state index in [-0.39, 0.29) is 26.0 Å². The van der Waals surface area contributed by atoms with Crippen molar-refractivity contribution >= 4 is 11.9 Å². The van der Waals surface area contributed by atoms with E-state index < -0.39 is 17.5 Å². The molecular weight excluding hydrogens is 314 g/mol. The fraction of sp³-hybridized carbons (Fsp3) is 0.647. The fourth-order valence-corrected chi connectivity index (χ4v) is 1.45. The third-order valence-electron chi connectivity index (χ3n) is 3.21. The maximum absolute atomic E-state index is 11.2. The number of rotatable bonds is 14. The number of hydrogen-bond donors (Lipinski definition) is 1. The van der Waals surface area contributed by atoms with Crippen molar-refractivity contribution in [2.45, 2.75) is 38.8 Å². The highest BCUT2D eigenvalue weighted by Gasteiger charge is 2.27. The average Bonchev–Trinajstić information content (AvgIpc) is 2.60. The molecule has 1 N–H and O–H groups in total. The molecule has 7 heteroatoms. The third-order valence-corrected chi connectivity index (χ3v) is 3.21. The lowest BCUT2D eigenvalue weighted by molar-refractivity contribution is -0.145. The summed E-state index contributed by atoms with van der Waals surface area (Å²) in [4.78, 5) is 22.4. The predicted octanol–water partition coefficient (Wildman–Crippen LogP) is 1.58. The summed E-state index contributed by atoms with van der Waals surface area (Å²) in [6, 6.07) is 0. The molecule has 1 unspecified atom stereocenters. The Morgan fingerprint density at radius 3 is 2.12 bits per heavy atom. The number of esters is 2. The van der Waals surface area contributed by atoms with Gasteiger partial charge in [0.1, 0.15) is 13.2 Å². The van der Waals surface area contributed by atoms with E-state index >= 15 is 0 Å². The number of nitrogens with one attached hydrogen (secondary N) is 1. The van der Waals surface area contributed by atoms with Crippen molar-refractivity contribution in [1.82, 2.24) is 5.32 Å². The fourth-order valence-electron chi connectivity index (χ4n) is 1.45. The Kier molecular flexibility index (Phi) is 11.8. The van der Waals surface area contributed by atoms with Gasteiger partial charge in [-0.3, -0.25) is 5.32 Å². The number of hydrogen-bond acceptors (Lipinski definition) is 7. The van der Waals surface area contributed by atoms with Gasteiger partial charge in [0.05, 0.1) is 31.6 Å². The van der Waals surface area contributed by atoms with Gasteiger partial charge in [-0.1, -0.05) is 20.1 Å². The molecule has 0 aromatic rings. The zero-order valence-electron chi connectivity index (χ0n) is 14.8. The maximum atomic E-state index is 11.2. The van der Waals surface area contributed by atoms with Gasteiger partial charge in [0.2, 0.25) is 0 Å². The molecule has 0 amide bonds. The molecule has 0 aliphatic rings. The highest BCUT2D eigenvalue weighted by atomic mass is 16.6. The van der Waals surface area contributed by atoms with E-state index in [2.05, 4.69) is 18.5 Å². The number of carbonyl (C=O) groups excluding carboxylic acids is 2. The molecule has 0 saturated carbocycles. The molecule has 0 saturated heterocycles. The van der Waals surface area contributed by atoms with Gasteiger partial charge in [0.25, 0.3) is 0 Å². The molecule has 0 spiro atoms. The van der Waals surface area contributed by atoms with Crippen LogP contribution in [-0.4, -0.2) is 56.7 Å². The molecular formula is C17H29NO6. The Balaban J connectivity index is 4.26. The molecule has 0 aromatic heterocycles. The van der Waals surface area contributed by atoms with Gasteiger partial charge < -0.3 is 18.9 Å². The van der Waals surface area contributed by atoms with Crippen LogP contribution in [0.25, 0.3) is 0 Å². The Labute approximate surface area is 144 Å². The van der Waals surface area contributed by atoms with E-state index in [1.54, 1.807) is 6.92 Å². The highest BCUT2D eigenvalue weighted by molar-refractivity contribution is 5.81. The van der Waals surface area contributed by atoms with Gasteiger partial charge in [-0.15, -0.1) is 0 Å². The molecule has 0 bridgehead atoms. The summed E-state index contributed by atoms with van der Waals surface area (Å²) in [5, 5.41) is 3.06. The lowest BCUT2D eigenvalue weighted by Crippen LogP contribution is -2.51. The molecule has 24 heavy (non-hydrogen) atoms. The van der Waals surface area contributed by atoms with Crippen LogP contribution in [0.5, 0.6) is 0 Å². The summed E-state index contributed by atoms with van der Waals surface area (Å²) in [6.45, 7) is 13.6. The van der Waals surface area contributed by atoms with Gasteiger partial charge in [0.15, 0.2) is 0 Å². The van der Waals surface area contributed by atoms with Crippen LogP contribution in [0.1, 0.15) is 27.2 Å². The Hall–Kier alpha value is -1.70. The molecule has 138 valence electrons. The molecule has 7 nitrogen and oxygen atoms in total. The lowest BCUT2D eigenvalue weighted by Gasteiger charge is -2.29. The topological polar surface area (TPSA) is 83.1 Å². The number of carbonyl (C=O) groups is 2. The first-order valence-corrected chi connectivity index (χ1v) is 7.89. The zero-order chi connectivity index (χ0) is 18.4.